The van der Waals surface area contributed by atoms with Gasteiger partial charge in [0.25, 0.3) is 0 Å². The largest absolute Gasteiger partial charge is 0.466 e. The summed E-state index contributed by atoms with van der Waals surface area (Å²) in [5.41, 5.74) is 0. The maximum absolute atomic E-state index is 11.9. The van der Waals surface area contributed by atoms with E-state index in [1.807, 2.05) is 0 Å². The van der Waals surface area contributed by atoms with Crippen molar-refractivity contribution in [2.75, 3.05) is 6.61 Å². The van der Waals surface area contributed by atoms with Gasteiger partial charge in [0.15, 0.2) is 0 Å². The van der Waals surface area contributed by atoms with Crippen molar-refractivity contribution in [1.29, 1.82) is 0 Å². The number of unbranched alkanes of at least 4 members (excludes halogenated alkanes) is 22. The average molecular weight is 559 g/mol. The van der Waals surface area contributed by atoms with Crippen LogP contribution < -0.4 is 0 Å². The molecule has 0 aromatic carbocycles. The van der Waals surface area contributed by atoms with Gasteiger partial charge in [0.1, 0.15) is 0 Å². The van der Waals surface area contributed by atoms with Crippen LogP contribution in [0.5, 0.6) is 0 Å². The Labute approximate surface area is 251 Å². The first-order chi connectivity index (χ1) is 19.8. The van der Waals surface area contributed by atoms with Gasteiger partial charge in [-0.1, -0.05) is 179 Å². The number of hydrogen-bond donors (Lipinski definition) is 0. The minimum atomic E-state index is 0.0139. The van der Waals surface area contributed by atoms with Crippen molar-refractivity contribution in [3.63, 3.8) is 0 Å². The van der Waals surface area contributed by atoms with E-state index in [9.17, 15) is 4.79 Å². The van der Waals surface area contributed by atoms with E-state index >= 15 is 0 Å². The Morgan fingerprint density at radius 2 is 0.850 bits per heavy atom. The van der Waals surface area contributed by atoms with Crippen LogP contribution in [0.1, 0.15) is 194 Å². The highest BCUT2D eigenvalue weighted by Gasteiger charge is 2.02. The molecule has 0 amide bonds. The highest BCUT2D eigenvalue weighted by molar-refractivity contribution is 5.69. The molecule has 40 heavy (non-hydrogen) atoms. The van der Waals surface area contributed by atoms with Gasteiger partial charge in [-0.3, -0.25) is 4.79 Å². The quantitative estimate of drug-likeness (QED) is 0.0466. The lowest BCUT2D eigenvalue weighted by atomic mass is 10.0. The van der Waals surface area contributed by atoms with Crippen LogP contribution in [0.15, 0.2) is 36.5 Å². The maximum atomic E-state index is 11.9. The van der Waals surface area contributed by atoms with Crippen molar-refractivity contribution in [2.45, 2.75) is 194 Å². The SMILES string of the molecule is CC/C=C/C/C=C/C/C=C/CCCCCCCCOC(=O)CCCCCCCCCCCCCCCCCCC. The molecule has 2 nitrogen and oxygen atoms in total. The zero-order valence-electron chi connectivity index (χ0n) is 27.3. The van der Waals surface area contributed by atoms with Gasteiger partial charge in [-0.2, -0.15) is 0 Å². The van der Waals surface area contributed by atoms with E-state index in [1.165, 1.54) is 141 Å². The lowest BCUT2D eigenvalue weighted by Crippen LogP contribution is -2.05. The molecule has 0 aliphatic heterocycles. The number of hydrogen-bond acceptors (Lipinski definition) is 2. The van der Waals surface area contributed by atoms with Gasteiger partial charge in [0.05, 0.1) is 6.61 Å². The van der Waals surface area contributed by atoms with Gasteiger partial charge in [0.2, 0.25) is 0 Å². The van der Waals surface area contributed by atoms with E-state index in [1.54, 1.807) is 0 Å². The molecule has 0 aromatic heterocycles. The smallest absolute Gasteiger partial charge is 0.305 e. The topological polar surface area (TPSA) is 26.3 Å². The van der Waals surface area contributed by atoms with E-state index < -0.39 is 0 Å². The first-order valence-electron chi connectivity index (χ1n) is 17.9. The molecular weight excluding hydrogens is 488 g/mol. The van der Waals surface area contributed by atoms with Crippen LogP contribution >= 0.6 is 0 Å². The molecule has 0 aliphatic rings. The predicted octanol–water partition coefficient (Wildman–Crippen LogP) is 13.2. The molecule has 0 N–H and O–H groups in total. The van der Waals surface area contributed by atoms with Crippen molar-refractivity contribution in [3.8, 4) is 0 Å². The molecule has 2 heteroatoms. The molecule has 0 saturated heterocycles. The zero-order valence-corrected chi connectivity index (χ0v) is 27.3. The Hall–Kier alpha value is -1.31. The molecular formula is C38H70O2. The van der Waals surface area contributed by atoms with Crippen LogP contribution in [0, 0.1) is 0 Å². The van der Waals surface area contributed by atoms with Gasteiger partial charge < -0.3 is 4.74 Å². The Morgan fingerprint density at radius 1 is 0.450 bits per heavy atom. The lowest BCUT2D eigenvalue weighted by Gasteiger charge is -2.05. The van der Waals surface area contributed by atoms with Crippen molar-refractivity contribution >= 4 is 5.97 Å². The van der Waals surface area contributed by atoms with E-state index in [2.05, 4.69) is 50.3 Å². The summed E-state index contributed by atoms with van der Waals surface area (Å²) in [5, 5.41) is 0. The first-order valence-corrected chi connectivity index (χ1v) is 17.9. The summed E-state index contributed by atoms with van der Waals surface area (Å²) in [6.07, 6.45) is 49.2. The second-order valence-electron chi connectivity index (χ2n) is 11.8. The highest BCUT2D eigenvalue weighted by atomic mass is 16.5. The molecule has 234 valence electrons. The number of rotatable bonds is 32. The van der Waals surface area contributed by atoms with Gasteiger partial charge in [-0.05, 0) is 44.9 Å². The van der Waals surface area contributed by atoms with Gasteiger partial charge in [0, 0.05) is 6.42 Å². The summed E-state index contributed by atoms with van der Waals surface area (Å²) in [6.45, 7) is 5.07. The fraction of sp³-hybridized carbons (Fsp3) is 0.816. The second-order valence-corrected chi connectivity index (χ2v) is 11.8. The van der Waals surface area contributed by atoms with Crippen molar-refractivity contribution in [2.24, 2.45) is 0 Å². The summed E-state index contributed by atoms with van der Waals surface area (Å²) in [4.78, 5) is 11.9. The molecule has 0 aromatic rings. The summed E-state index contributed by atoms with van der Waals surface area (Å²) < 4.78 is 5.43. The van der Waals surface area contributed by atoms with Crippen LogP contribution in [-0.2, 0) is 9.53 Å². The third kappa shape index (κ3) is 34.7. The first kappa shape index (κ1) is 38.7. The third-order valence-electron chi connectivity index (χ3n) is 7.79. The molecule has 0 heterocycles. The Morgan fingerprint density at radius 3 is 1.35 bits per heavy atom. The summed E-state index contributed by atoms with van der Waals surface area (Å²) in [5.74, 6) is 0.0139. The molecule has 0 atom stereocenters. The molecule has 0 aliphatic carbocycles. The fourth-order valence-corrected chi connectivity index (χ4v) is 5.15. The Balaban J connectivity index is 3.22. The van der Waals surface area contributed by atoms with E-state index in [0.717, 1.165) is 32.1 Å². The Kier molecular flexibility index (Phi) is 34.5. The molecule has 0 spiro atoms. The number of carbonyl (C=O) groups excluding carboxylic acids is 1. The standard InChI is InChI=1S/C38H70O2/c1-3-5-7-9-11-13-15-17-19-21-22-24-26-28-30-32-34-36-38(39)40-37-35-33-31-29-27-25-23-20-18-16-14-12-10-8-6-4-2/h6,8,12,14,18,20H,3-5,7,9-11,13,15-17,19,21-37H2,1-2H3/b8-6+,14-12+,20-18+. The Bertz CT molecular complexity index is 574. The van der Waals surface area contributed by atoms with Crippen molar-refractivity contribution < 1.29 is 9.53 Å². The van der Waals surface area contributed by atoms with Gasteiger partial charge in [-0.25, -0.2) is 0 Å². The number of esters is 1. The molecule has 0 bridgehead atoms. The summed E-state index contributed by atoms with van der Waals surface area (Å²) >= 11 is 0. The second kappa shape index (κ2) is 35.7. The highest BCUT2D eigenvalue weighted by Crippen LogP contribution is 2.14. The molecule has 0 radical (unpaired) electrons. The van der Waals surface area contributed by atoms with Crippen molar-refractivity contribution in [3.05, 3.63) is 36.5 Å². The number of carbonyl (C=O) groups is 1. The van der Waals surface area contributed by atoms with Gasteiger partial charge >= 0.3 is 5.97 Å². The molecule has 0 rings (SSSR count). The number of allylic oxidation sites excluding steroid dienone is 6. The van der Waals surface area contributed by atoms with Crippen LogP contribution in [0.4, 0.5) is 0 Å². The summed E-state index contributed by atoms with van der Waals surface area (Å²) in [6, 6.07) is 0. The van der Waals surface area contributed by atoms with Crippen LogP contribution in [0.3, 0.4) is 0 Å². The van der Waals surface area contributed by atoms with E-state index in [4.69, 9.17) is 4.74 Å². The fourth-order valence-electron chi connectivity index (χ4n) is 5.15. The molecule has 0 fully saturated rings. The predicted molar refractivity (Wildman–Crippen MR) is 179 cm³/mol. The minimum Gasteiger partial charge on any atom is -0.466 e. The number of ether oxygens (including phenoxy) is 1. The lowest BCUT2D eigenvalue weighted by molar-refractivity contribution is -0.143. The van der Waals surface area contributed by atoms with E-state index in [-0.39, 0.29) is 5.97 Å². The van der Waals surface area contributed by atoms with Crippen LogP contribution in [0.2, 0.25) is 0 Å². The van der Waals surface area contributed by atoms with Crippen LogP contribution in [-0.4, -0.2) is 12.6 Å². The maximum Gasteiger partial charge on any atom is 0.305 e. The molecule has 0 unspecified atom stereocenters. The van der Waals surface area contributed by atoms with E-state index in [0.29, 0.717) is 13.0 Å². The van der Waals surface area contributed by atoms with Gasteiger partial charge in [-0.15, -0.1) is 0 Å². The normalized spacial score (nSPS) is 11.9. The van der Waals surface area contributed by atoms with Crippen LogP contribution in [0.25, 0.3) is 0 Å². The third-order valence-corrected chi connectivity index (χ3v) is 7.79. The average Bonchev–Trinajstić information content (AvgIpc) is 2.96. The van der Waals surface area contributed by atoms with Crippen molar-refractivity contribution in [1.82, 2.24) is 0 Å². The zero-order chi connectivity index (χ0) is 29.0. The summed E-state index contributed by atoms with van der Waals surface area (Å²) in [7, 11) is 0. The monoisotopic (exact) mass is 559 g/mol. The minimum absolute atomic E-state index is 0.0139. The molecule has 0 saturated carbocycles.